The van der Waals surface area contributed by atoms with Gasteiger partial charge < -0.3 is 15.1 Å². The zero-order valence-corrected chi connectivity index (χ0v) is 9.27. The summed E-state index contributed by atoms with van der Waals surface area (Å²) in [5, 5.41) is 18.8. The zero-order valence-electron chi connectivity index (χ0n) is 9.27. The highest BCUT2D eigenvalue weighted by Crippen LogP contribution is 2.37. The Morgan fingerprint density at radius 3 is 2.56 bits per heavy atom. The summed E-state index contributed by atoms with van der Waals surface area (Å²) >= 11 is 0. The van der Waals surface area contributed by atoms with Crippen LogP contribution < -0.4 is 4.90 Å². The highest BCUT2D eigenvalue weighted by molar-refractivity contribution is 5.94. The van der Waals surface area contributed by atoms with Crippen molar-refractivity contribution in [1.29, 1.82) is 0 Å². The monoisotopic (exact) mass is 222 g/mol. The number of hydrogen-bond donors (Lipinski definition) is 2. The summed E-state index contributed by atoms with van der Waals surface area (Å²) in [7, 11) is 3.36. The number of nitrogens with zero attached hydrogens (tertiary/aromatic N) is 2. The molecule has 0 bridgehead atoms. The van der Waals surface area contributed by atoms with E-state index in [9.17, 15) is 15.0 Å². The maximum atomic E-state index is 11.8. The normalized spacial score (nSPS) is 13.8. The van der Waals surface area contributed by atoms with Crippen molar-refractivity contribution in [3.05, 3.63) is 17.7 Å². The lowest BCUT2D eigenvalue weighted by Gasteiger charge is -2.22. The fraction of sp³-hybridized carbons (Fsp3) is 0.364. The summed E-state index contributed by atoms with van der Waals surface area (Å²) < 4.78 is 0. The van der Waals surface area contributed by atoms with Gasteiger partial charge in [-0.2, -0.15) is 0 Å². The lowest BCUT2D eigenvalue weighted by Crippen LogP contribution is -2.38. The van der Waals surface area contributed by atoms with Gasteiger partial charge in [0.15, 0.2) is 11.5 Å². The lowest BCUT2D eigenvalue weighted by molar-refractivity contribution is 0.224. The van der Waals surface area contributed by atoms with E-state index in [1.165, 1.54) is 17.0 Å². The number of urea groups is 1. The van der Waals surface area contributed by atoms with Crippen molar-refractivity contribution in [1.82, 2.24) is 4.90 Å². The average molecular weight is 222 g/mol. The zero-order chi connectivity index (χ0) is 11.9. The second-order valence-electron chi connectivity index (χ2n) is 4.05. The highest BCUT2D eigenvalue weighted by Gasteiger charge is 2.27. The van der Waals surface area contributed by atoms with Crippen molar-refractivity contribution in [3.8, 4) is 11.5 Å². The predicted molar refractivity (Wildman–Crippen MR) is 59.9 cm³/mol. The topological polar surface area (TPSA) is 64.0 Å². The number of benzene rings is 1. The van der Waals surface area contributed by atoms with Gasteiger partial charge in [0, 0.05) is 26.7 Å². The molecule has 0 spiro atoms. The molecule has 0 radical (unpaired) electrons. The summed E-state index contributed by atoms with van der Waals surface area (Å²) in [4.78, 5) is 14.9. The van der Waals surface area contributed by atoms with Crippen LogP contribution in [0.25, 0.3) is 0 Å². The predicted octanol–water partition coefficient (Wildman–Crippen LogP) is 1.14. The van der Waals surface area contributed by atoms with Gasteiger partial charge in [-0.15, -0.1) is 0 Å². The smallest absolute Gasteiger partial charge is 0.323 e. The molecule has 0 saturated heterocycles. The molecule has 1 aromatic carbocycles. The highest BCUT2D eigenvalue weighted by atomic mass is 16.3. The number of amides is 2. The number of carbonyl (C=O) groups is 1. The Hall–Kier alpha value is -1.91. The van der Waals surface area contributed by atoms with Crippen LogP contribution in [-0.4, -0.2) is 41.8 Å². The third kappa shape index (κ3) is 1.54. The van der Waals surface area contributed by atoms with E-state index in [2.05, 4.69) is 0 Å². The van der Waals surface area contributed by atoms with E-state index in [1.807, 2.05) is 0 Å². The fourth-order valence-corrected chi connectivity index (χ4v) is 1.85. The largest absolute Gasteiger partial charge is 0.504 e. The molecule has 0 fully saturated rings. The van der Waals surface area contributed by atoms with Gasteiger partial charge in [-0.1, -0.05) is 0 Å². The molecule has 86 valence electrons. The standard InChI is InChI=1S/C11H14N2O3/c1-12(2)11(16)13-4-3-7-5-9(14)10(15)6-8(7)13/h5-6,14-15H,3-4H2,1-2H3. The second-order valence-corrected chi connectivity index (χ2v) is 4.05. The van der Waals surface area contributed by atoms with Gasteiger partial charge in [-0.3, -0.25) is 4.90 Å². The van der Waals surface area contributed by atoms with Crippen molar-refractivity contribution in [2.24, 2.45) is 0 Å². The minimum Gasteiger partial charge on any atom is -0.504 e. The number of phenolic OH excluding ortho intramolecular Hbond substituents is 2. The quantitative estimate of drug-likeness (QED) is 0.647. The van der Waals surface area contributed by atoms with Gasteiger partial charge >= 0.3 is 6.03 Å². The van der Waals surface area contributed by atoms with Crippen LogP contribution in [-0.2, 0) is 6.42 Å². The molecule has 1 heterocycles. The first-order chi connectivity index (χ1) is 7.50. The fourth-order valence-electron chi connectivity index (χ4n) is 1.85. The number of anilines is 1. The molecule has 1 aromatic rings. The van der Waals surface area contributed by atoms with Crippen molar-refractivity contribution < 1.29 is 15.0 Å². The van der Waals surface area contributed by atoms with Gasteiger partial charge in [-0.25, -0.2) is 4.79 Å². The molecule has 0 unspecified atom stereocenters. The third-order valence-electron chi connectivity index (χ3n) is 2.68. The first-order valence-corrected chi connectivity index (χ1v) is 5.04. The van der Waals surface area contributed by atoms with Gasteiger partial charge in [-0.05, 0) is 18.1 Å². The second kappa shape index (κ2) is 3.59. The summed E-state index contributed by atoms with van der Waals surface area (Å²) in [6.45, 7) is 0.579. The van der Waals surface area contributed by atoms with Crippen LogP contribution >= 0.6 is 0 Å². The molecular weight excluding hydrogens is 208 g/mol. The molecule has 1 aliphatic heterocycles. The Bertz CT molecular complexity index is 443. The molecule has 2 amide bonds. The molecule has 5 heteroatoms. The maximum absolute atomic E-state index is 11.8. The van der Waals surface area contributed by atoms with Crippen molar-refractivity contribution >= 4 is 11.7 Å². The number of phenols is 2. The van der Waals surface area contributed by atoms with E-state index in [-0.39, 0.29) is 17.5 Å². The summed E-state index contributed by atoms with van der Waals surface area (Å²) in [6, 6.07) is 2.82. The number of fused-ring (bicyclic) bond motifs is 1. The molecule has 5 nitrogen and oxygen atoms in total. The van der Waals surface area contributed by atoms with Gasteiger partial charge in [0.1, 0.15) is 0 Å². The van der Waals surface area contributed by atoms with Crippen LogP contribution in [0, 0.1) is 0 Å². The minimum atomic E-state index is -0.197. The Labute approximate surface area is 93.5 Å². The average Bonchev–Trinajstić information content (AvgIpc) is 2.60. The van der Waals surface area contributed by atoms with Crippen LogP contribution in [0.5, 0.6) is 11.5 Å². The number of carbonyl (C=O) groups excluding carboxylic acids is 1. The molecule has 0 aromatic heterocycles. The summed E-state index contributed by atoms with van der Waals surface area (Å²) in [5.74, 6) is -0.338. The molecular formula is C11H14N2O3. The minimum absolute atomic E-state index is 0.121. The van der Waals surface area contributed by atoms with E-state index < -0.39 is 0 Å². The van der Waals surface area contributed by atoms with Crippen LogP contribution in [0.3, 0.4) is 0 Å². The molecule has 2 rings (SSSR count). The molecule has 2 N–H and O–H groups in total. The third-order valence-corrected chi connectivity index (χ3v) is 2.68. The summed E-state index contributed by atoms with van der Waals surface area (Å²) in [5.41, 5.74) is 1.56. The Morgan fingerprint density at radius 2 is 1.94 bits per heavy atom. The molecule has 0 atom stereocenters. The van der Waals surface area contributed by atoms with E-state index >= 15 is 0 Å². The van der Waals surface area contributed by atoms with E-state index in [1.54, 1.807) is 19.0 Å². The molecule has 0 aliphatic carbocycles. The van der Waals surface area contributed by atoms with E-state index in [0.29, 0.717) is 18.7 Å². The first kappa shape index (κ1) is 10.6. The van der Waals surface area contributed by atoms with Crippen LogP contribution in [0.15, 0.2) is 12.1 Å². The maximum Gasteiger partial charge on any atom is 0.323 e. The number of aromatic hydroxyl groups is 2. The van der Waals surface area contributed by atoms with Crippen LogP contribution in [0.2, 0.25) is 0 Å². The summed E-state index contributed by atoms with van der Waals surface area (Å²) in [6.07, 6.45) is 0.697. The van der Waals surface area contributed by atoms with Crippen molar-refractivity contribution in [2.75, 3.05) is 25.5 Å². The Morgan fingerprint density at radius 1 is 1.31 bits per heavy atom. The van der Waals surface area contributed by atoms with Crippen molar-refractivity contribution in [3.63, 3.8) is 0 Å². The van der Waals surface area contributed by atoms with Crippen LogP contribution in [0.4, 0.5) is 10.5 Å². The van der Waals surface area contributed by atoms with Crippen molar-refractivity contribution in [2.45, 2.75) is 6.42 Å². The number of hydrogen-bond acceptors (Lipinski definition) is 3. The Balaban J connectivity index is 2.40. The van der Waals surface area contributed by atoms with Gasteiger partial charge in [0.05, 0.1) is 5.69 Å². The SMILES string of the molecule is CN(C)C(=O)N1CCc2cc(O)c(O)cc21. The molecule has 0 saturated carbocycles. The van der Waals surface area contributed by atoms with Crippen LogP contribution in [0.1, 0.15) is 5.56 Å². The lowest BCUT2D eigenvalue weighted by atomic mass is 10.1. The molecule has 16 heavy (non-hydrogen) atoms. The number of rotatable bonds is 0. The van der Waals surface area contributed by atoms with E-state index in [0.717, 1.165) is 5.56 Å². The van der Waals surface area contributed by atoms with Gasteiger partial charge in [0.2, 0.25) is 0 Å². The molecule has 1 aliphatic rings. The van der Waals surface area contributed by atoms with E-state index in [4.69, 9.17) is 0 Å². The Kier molecular flexibility index (Phi) is 2.38. The first-order valence-electron chi connectivity index (χ1n) is 5.04. The van der Waals surface area contributed by atoms with Gasteiger partial charge in [0.25, 0.3) is 0 Å².